The second-order valence-electron chi connectivity index (χ2n) is 8.67. The highest BCUT2D eigenvalue weighted by Crippen LogP contribution is 2.44. The average molecular weight is 475 g/mol. The number of thioether (sulfide) groups is 1. The molecule has 2 amide bonds. The molecule has 7 nitrogen and oxygen atoms in total. The number of amides is 2. The summed E-state index contributed by atoms with van der Waals surface area (Å²) in [5, 5.41) is 14.4. The molecule has 0 aliphatic carbocycles. The first-order valence-corrected chi connectivity index (χ1v) is 12.9. The van der Waals surface area contributed by atoms with Gasteiger partial charge in [-0.25, -0.2) is 0 Å². The number of hydrogen-bond donors (Lipinski definition) is 3. The van der Waals surface area contributed by atoms with Crippen LogP contribution in [0.5, 0.6) is 0 Å². The molecule has 0 saturated carbocycles. The van der Waals surface area contributed by atoms with Gasteiger partial charge in [0.15, 0.2) is 0 Å². The predicted molar refractivity (Wildman–Crippen MR) is 129 cm³/mol. The van der Waals surface area contributed by atoms with Crippen molar-refractivity contribution in [3.05, 3.63) is 48.0 Å². The molecular weight excluding hydrogens is 440 g/mol. The molecule has 0 unspecified atom stereocenters. The van der Waals surface area contributed by atoms with Gasteiger partial charge in [0.25, 0.3) is 0 Å². The summed E-state index contributed by atoms with van der Waals surface area (Å²) in [6, 6.07) is 9.97. The third kappa shape index (κ3) is 8.51. The van der Waals surface area contributed by atoms with Crippen LogP contribution in [-0.4, -0.2) is 53.9 Å². The molecule has 4 atom stereocenters. The van der Waals surface area contributed by atoms with Crippen molar-refractivity contribution in [3.8, 4) is 0 Å². The van der Waals surface area contributed by atoms with Crippen LogP contribution in [0.2, 0.25) is 0 Å². The van der Waals surface area contributed by atoms with E-state index in [1.54, 1.807) is 0 Å². The lowest BCUT2D eigenvalue weighted by Crippen LogP contribution is -2.42. The SMILES string of the molecule is O=C(O)CCC/C=C\C[C@H]1[C@@H](CNC(=O)CNC(=O)CSCc2ccccc2)[C@H]2CC[C@@H]1O2. The average Bonchev–Trinajstić information content (AvgIpc) is 3.41. The van der Waals surface area contributed by atoms with Gasteiger partial charge in [0.1, 0.15) is 0 Å². The van der Waals surface area contributed by atoms with Gasteiger partial charge < -0.3 is 20.5 Å². The highest BCUT2D eigenvalue weighted by atomic mass is 32.2. The van der Waals surface area contributed by atoms with E-state index in [0.29, 0.717) is 24.6 Å². The molecule has 3 N–H and O–H groups in total. The van der Waals surface area contributed by atoms with E-state index in [1.165, 1.54) is 17.3 Å². The standard InChI is InChI=1S/C25H34N2O5S/c28-23(15-27-24(29)17-33-16-18-8-4-3-5-9-18)26-14-20-19(21-12-13-22(20)32-21)10-6-1-2-7-11-25(30)31/h1,3-6,8-9,19-22H,2,7,10-17H2,(H,26,28)(H,27,29)(H,30,31)/b6-1-/t19-,20+,21-,22+/m0/s1. The van der Waals surface area contributed by atoms with Gasteiger partial charge in [0.2, 0.25) is 11.8 Å². The lowest BCUT2D eigenvalue weighted by Gasteiger charge is -2.27. The maximum absolute atomic E-state index is 12.3. The fourth-order valence-corrected chi connectivity index (χ4v) is 5.40. The van der Waals surface area contributed by atoms with Gasteiger partial charge in [-0.3, -0.25) is 14.4 Å². The molecule has 8 heteroatoms. The number of carboxylic acids is 1. The molecule has 2 bridgehead atoms. The molecule has 2 fully saturated rings. The number of aliphatic carboxylic acids is 1. The summed E-state index contributed by atoms with van der Waals surface area (Å²) < 4.78 is 6.08. The largest absolute Gasteiger partial charge is 0.481 e. The molecule has 2 saturated heterocycles. The number of ether oxygens (including phenoxy) is 1. The van der Waals surface area contributed by atoms with Gasteiger partial charge in [-0.05, 0) is 43.6 Å². The second-order valence-corrected chi connectivity index (χ2v) is 9.66. The molecule has 33 heavy (non-hydrogen) atoms. The molecule has 0 spiro atoms. The van der Waals surface area contributed by atoms with Crippen LogP contribution < -0.4 is 10.6 Å². The number of allylic oxidation sites excluding steroid dienone is 2. The Morgan fingerprint density at radius 2 is 1.79 bits per heavy atom. The van der Waals surface area contributed by atoms with Crippen molar-refractivity contribution in [1.29, 1.82) is 0 Å². The summed E-state index contributed by atoms with van der Waals surface area (Å²) >= 11 is 1.53. The van der Waals surface area contributed by atoms with Crippen LogP contribution in [0.3, 0.4) is 0 Å². The summed E-state index contributed by atoms with van der Waals surface area (Å²) in [4.78, 5) is 34.9. The minimum Gasteiger partial charge on any atom is -0.481 e. The van der Waals surface area contributed by atoms with Crippen molar-refractivity contribution in [3.63, 3.8) is 0 Å². The number of rotatable bonds is 14. The van der Waals surface area contributed by atoms with Crippen molar-refractivity contribution in [2.24, 2.45) is 11.8 Å². The molecule has 0 radical (unpaired) electrons. The first kappa shape index (κ1) is 25.3. The topological polar surface area (TPSA) is 105 Å². The number of carboxylic acid groups (broad SMARTS) is 1. The third-order valence-electron chi connectivity index (χ3n) is 6.25. The van der Waals surface area contributed by atoms with Crippen LogP contribution in [0.1, 0.15) is 44.1 Å². The minimum absolute atomic E-state index is 0.0133. The van der Waals surface area contributed by atoms with Crippen LogP contribution >= 0.6 is 11.8 Å². The quantitative estimate of drug-likeness (QED) is 0.283. The molecule has 2 aliphatic heterocycles. The number of hydrogen-bond acceptors (Lipinski definition) is 5. The summed E-state index contributed by atoms with van der Waals surface area (Å²) in [5.74, 6) is 0.645. The van der Waals surface area contributed by atoms with Crippen molar-refractivity contribution < 1.29 is 24.2 Å². The van der Waals surface area contributed by atoms with Crippen LogP contribution in [-0.2, 0) is 24.9 Å². The zero-order valence-corrected chi connectivity index (χ0v) is 19.7. The maximum atomic E-state index is 12.3. The van der Waals surface area contributed by atoms with E-state index in [0.717, 1.165) is 31.4 Å². The zero-order chi connectivity index (χ0) is 23.5. The summed E-state index contributed by atoms with van der Waals surface area (Å²) in [5.41, 5.74) is 1.17. The number of carbonyl (C=O) groups is 3. The fourth-order valence-electron chi connectivity index (χ4n) is 4.58. The van der Waals surface area contributed by atoms with E-state index in [2.05, 4.69) is 22.8 Å². The normalized spacial score (nSPS) is 23.6. The maximum Gasteiger partial charge on any atom is 0.303 e. The van der Waals surface area contributed by atoms with E-state index in [4.69, 9.17) is 9.84 Å². The number of carbonyl (C=O) groups excluding carboxylic acids is 2. The van der Waals surface area contributed by atoms with E-state index >= 15 is 0 Å². The van der Waals surface area contributed by atoms with Crippen LogP contribution in [0.25, 0.3) is 0 Å². The van der Waals surface area contributed by atoms with Gasteiger partial charge in [0, 0.05) is 24.6 Å². The number of benzene rings is 1. The Labute approximate surface area is 199 Å². The van der Waals surface area contributed by atoms with Crippen LogP contribution in [0.4, 0.5) is 0 Å². The Bertz CT molecular complexity index is 816. The third-order valence-corrected chi connectivity index (χ3v) is 7.26. The van der Waals surface area contributed by atoms with Crippen LogP contribution in [0.15, 0.2) is 42.5 Å². The first-order valence-electron chi connectivity index (χ1n) is 11.7. The van der Waals surface area contributed by atoms with Gasteiger partial charge in [-0.2, -0.15) is 0 Å². The van der Waals surface area contributed by atoms with Crippen molar-refractivity contribution in [1.82, 2.24) is 10.6 Å². The highest BCUT2D eigenvalue weighted by molar-refractivity contribution is 7.99. The molecule has 3 rings (SSSR count). The molecule has 0 aromatic heterocycles. The molecule has 2 aliphatic rings. The lowest BCUT2D eigenvalue weighted by atomic mass is 9.77. The zero-order valence-electron chi connectivity index (χ0n) is 18.9. The number of nitrogens with one attached hydrogen (secondary N) is 2. The van der Waals surface area contributed by atoms with Gasteiger partial charge in [-0.1, -0.05) is 42.5 Å². The smallest absolute Gasteiger partial charge is 0.303 e. The van der Waals surface area contributed by atoms with Gasteiger partial charge in [-0.15, -0.1) is 11.8 Å². The van der Waals surface area contributed by atoms with E-state index in [1.807, 2.05) is 30.3 Å². The van der Waals surface area contributed by atoms with Crippen molar-refractivity contribution >= 4 is 29.5 Å². The van der Waals surface area contributed by atoms with Crippen molar-refractivity contribution in [2.75, 3.05) is 18.8 Å². The van der Waals surface area contributed by atoms with Gasteiger partial charge in [0.05, 0.1) is 24.5 Å². The van der Waals surface area contributed by atoms with E-state index in [9.17, 15) is 14.4 Å². The predicted octanol–water partition coefficient (Wildman–Crippen LogP) is 3.15. The van der Waals surface area contributed by atoms with Crippen molar-refractivity contribution in [2.45, 2.75) is 56.5 Å². The fraction of sp³-hybridized carbons (Fsp3) is 0.560. The van der Waals surface area contributed by atoms with Crippen LogP contribution in [0, 0.1) is 11.8 Å². The van der Waals surface area contributed by atoms with E-state index in [-0.39, 0.29) is 42.9 Å². The number of unbranched alkanes of at least 4 members (excludes halogenated alkanes) is 1. The highest BCUT2D eigenvalue weighted by Gasteiger charge is 2.47. The Morgan fingerprint density at radius 3 is 2.55 bits per heavy atom. The monoisotopic (exact) mass is 474 g/mol. The minimum atomic E-state index is -0.761. The molecule has 2 heterocycles. The summed E-state index contributed by atoms with van der Waals surface area (Å²) in [7, 11) is 0. The Balaban J connectivity index is 1.32. The Morgan fingerprint density at radius 1 is 1.03 bits per heavy atom. The lowest BCUT2D eigenvalue weighted by molar-refractivity contribution is -0.137. The second kappa shape index (κ2) is 13.4. The molecular formula is C25H34N2O5S. The Kier molecular flexibility index (Phi) is 10.3. The summed E-state index contributed by atoms with van der Waals surface area (Å²) in [6.45, 7) is 0.538. The van der Waals surface area contributed by atoms with Gasteiger partial charge >= 0.3 is 5.97 Å². The molecule has 180 valence electrons. The Hall–Kier alpha value is -2.32. The van der Waals surface area contributed by atoms with E-state index < -0.39 is 5.97 Å². The molecule has 1 aromatic carbocycles. The number of fused-ring (bicyclic) bond motifs is 2. The molecule has 1 aromatic rings. The summed E-state index contributed by atoms with van der Waals surface area (Å²) in [6.07, 6.45) is 9.17. The first-order chi connectivity index (χ1) is 16.0.